The lowest BCUT2D eigenvalue weighted by atomic mass is 10.2. The van der Waals surface area contributed by atoms with E-state index in [1.165, 1.54) is 5.00 Å². The fourth-order valence-corrected chi connectivity index (χ4v) is 3.89. The van der Waals surface area contributed by atoms with E-state index in [-0.39, 0.29) is 29.9 Å². The number of amides is 1. The van der Waals surface area contributed by atoms with Gasteiger partial charge in [-0.05, 0) is 41.8 Å². The number of hydrogen-bond acceptors (Lipinski definition) is 4. The molecule has 2 aromatic rings. The molecule has 28 heavy (non-hydrogen) atoms. The van der Waals surface area contributed by atoms with Crippen molar-refractivity contribution < 1.29 is 4.79 Å². The Morgan fingerprint density at radius 2 is 1.79 bits per heavy atom. The van der Waals surface area contributed by atoms with Crippen LogP contribution in [0, 0.1) is 0 Å². The fraction of sp³-hybridized carbons (Fsp3) is 0.368. The lowest BCUT2D eigenvalue weighted by Crippen LogP contribution is -2.53. The second-order valence-corrected chi connectivity index (χ2v) is 7.52. The minimum Gasteiger partial charge on any atom is -0.360 e. The highest BCUT2D eigenvalue weighted by atomic mass is 127. The largest absolute Gasteiger partial charge is 0.360 e. The number of hydrogen-bond donors (Lipinski definition) is 2. The molecular formula is C19H25ClIN5OS. The van der Waals surface area contributed by atoms with Crippen LogP contribution in [0.3, 0.4) is 0 Å². The molecule has 1 aromatic heterocycles. The summed E-state index contributed by atoms with van der Waals surface area (Å²) in [4.78, 5) is 21.1. The summed E-state index contributed by atoms with van der Waals surface area (Å²) in [6.07, 6.45) is 0. The molecule has 6 nitrogen and oxygen atoms in total. The van der Waals surface area contributed by atoms with Crippen LogP contribution in [0.4, 0.5) is 5.00 Å². The van der Waals surface area contributed by atoms with Crippen LogP contribution in [-0.4, -0.2) is 63.1 Å². The first-order valence-electron chi connectivity index (χ1n) is 8.95. The molecule has 152 valence electrons. The highest BCUT2D eigenvalue weighted by Crippen LogP contribution is 2.22. The number of thiophene rings is 1. The van der Waals surface area contributed by atoms with E-state index in [0.717, 1.165) is 32.1 Å². The Bertz CT molecular complexity index is 761. The van der Waals surface area contributed by atoms with Gasteiger partial charge in [0.2, 0.25) is 0 Å². The summed E-state index contributed by atoms with van der Waals surface area (Å²) in [7, 11) is 1.79. The van der Waals surface area contributed by atoms with Gasteiger partial charge < -0.3 is 20.4 Å². The second kappa shape index (κ2) is 11.5. The van der Waals surface area contributed by atoms with Gasteiger partial charge in [0.05, 0.1) is 5.00 Å². The summed E-state index contributed by atoms with van der Waals surface area (Å²) in [5.74, 6) is 0.773. The SMILES string of the molecule is CN=C(NCCNC(=O)c1ccc(Cl)cc1)N1CCN(c2cccs2)CC1.I. The van der Waals surface area contributed by atoms with Crippen LogP contribution >= 0.6 is 46.9 Å². The smallest absolute Gasteiger partial charge is 0.251 e. The molecule has 1 aliphatic heterocycles. The van der Waals surface area contributed by atoms with Crippen LogP contribution in [0.5, 0.6) is 0 Å². The molecule has 1 saturated heterocycles. The predicted molar refractivity (Wildman–Crippen MR) is 129 cm³/mol. The van der Waals surface area contributed by atoms with Crippen molar-refractivity contribution in [1.82, 2.24) is 15.5 Å². The van der Waals surface area contributed by atoms with E-state index in [2.05, 4.69) is 42.9 Å². The number of halogens is 2. The third-order valence-electron chi connectivity index (χ3n) is 4.41. The van der Waals surface area contributed by atoms with Crippen molar-refractivity contribution in [2.24, 2.45) is 4.99 Å². The van der Waals surface area contributed by atoms with Crippen LogP contribution in [-0.2, 0) is 0 Å². The fourth-order valence-electron chi connectivity index (χ4n) is 2.97. The molecule has 0 atom stereocenters. The third kappa shape index (κ3) is 6.25. The number of carbonyl (C=O) groups is 1. The summed E-state index contributed by atoms with van der Waals surface area (Å²) in [5.41, 5.74) is 0.605. The van der Waals surface area contributed by atoms with Gasteiger partial charge in [-0.15, -0.1) is 35.3 Å². The molecule has 0 unspecified atom stereocenters. The zero-order valence-electron chi connectivity index (χ0n) is 15.7. The van der Waals surface area contributed by atoms with Crippen LogP contribution in [0.25, 0.3) is 0 Å². The van der Waals surface area contributed by atoms with E-state index >= 15 is 0 Å². The van der Waals surface area contributed by atoms with Crippen LogP contribution < -0.4 is 15.5 Å². The van der Waals surface area contributed by atoms with Gasteiger partial charge in [0, 0.05) is 56.9 Å². The molecule has 0 saturated carbocycles. The topological polar surface area (TPSA) is 60.0 Å². The van der Waals surface area contributed by atoms with Crippen molar-refractivity contribution in [2.45, 2.75) is 0 Å². The summed E-state index contributed by atoms with van der Waals surface area (Å²) in [5, 5.41) is 10.3. The van der Waals surface area contributed by atoms with E-state index in [1.807, 2.05) is 0 Å². The van der Waals surface area contributed by atoms with E-state index in [4.69, 9.17) is 11.6 Å². The Morgan fingerprint density at radius 3 is 2.39 bits per heavy atom. The number of piperazine rings is 1. The zero-order valence-corrected chi connectivity index (χ0v) is 19.6. The molecule has 1 aromatic carbocycles. The average molecular weight is 534 g/mol. The zero-order chi connectivity index (χ0) is 19.1. The molecule has 2 N–H and O–H groups in total. The maximum absolute atomic E-state index is 12.1. The van der Waals surface area contributed by atoms with Crippen LogP contribution in [0.2, 0.25) is 5.02 Å². The highest BCUT2D eigenvalue weighted by Gasteiger charge is 2.20. The summed E-state index contributed by atoms with van der Waals surface area (Å²) in [6.45, 7) is 4.96. The first kappa shape index (κ1) is 22.8. The van der Waals surface area contributed by atoms with E-state index < -0.39 is 0 Å². The summed E-state index contributed by atoms with van der Waals surface area (Å²) < 4.78 is 0. The van der Waals surface area contributed by atoms with Crippen molar-refractivity contribution >= 4 is 63.8 Å². The molecule has 1 fully saturated rings. The van der Waals surface area contributed by atoms with Gasteiger partial charge in [-0.25, -0.2) is 0 Å². The maximum atomic E-state index is 12.1. The lowest BCUT2D eigenvalue weighted by molar-refractivity contribution is 0.0954. The average Bonchev–Trinajstić information content (AvgIpc) is 3.23. The first-order valence-corrected chi connectivity index (χ1v) is 10.2. The van der Waals surface area contributed by atoms with Crippen LogP contribution in [0.1, 0.15) is 10.4 Å². The quantitative estimate of drug-likeness (QED) is 0.268. The highest BCUT2D eigenvalue weighted by molar-refractivity contribution is 14.0. The molecule has 2 heterocycles. The molecule has 9 heteroatoms. The van der Waals surface area contributed by atoms with E-state index in [9.17, 15) is 4.79 Å². The van der Waals surface area contributed by atoms with Crippen molar-refractivity contribution in [3.05, 3.63) is 52.4 Å². The number of nitrogens with one attached hydrogen (secondary N) is 2. The van der Waals surface area contributed by atoms with Gasteiger partial charge in [0.25, 0.3) is 5.91 Å². The number of guanidine groups is 1. The molecular weight excluding hydrogens is 509 g/mol. The van der Waals surface area contributed by atoms with Gasteiger partial charge in [0.1, 0.15) is 0 Å². The number of aliphatic imine (C=N–C) groups is 1. The predicted octanol–water partition coefficient (Wildman–Crippen LogP) is 3.15. The minimum atomic E-state index is -0.104. The maximum Gasteiger partial charge on any atom is 0.251 e. The number of carbonyl (C=O) groups excluding carboxylic acids is 1. The van der Waals surface area contributed by atoms with Crippen molar-refractivity contribution in [1.29, 1.82) is 0 Å². The Hall–Kier alpha value is -1.52. The van der Waals surface area contributed by atoms with Gasteiger partial charge in [-0.1, -0.05) is 11.6 Å². The Kier molecular flexibility index (Phi) is 9.33. The second-order valence-electron chi connectivity index (χ2n) is 6.16. The van der Waals surface area contributed by atoms with Gasteiger partial charge in [-0.2, -0.15) is 0 Å². The van der Waals surface area contributed by atoms with Gasteiger partial charge in [-0.3, -0.25) is 9.79 Å². The number of nitrogens with zero attached hydrogens (tertiary/aromatic N) is 3. The first-order chi connectivity index (χ1) is 13.2. The van der Waals surface area contributed by atoms with Crippen molar-refractivity contribution in [3.8, 4) is 0 Å². The summed E-state index contributed by atoms with van der Waals surface area (Å²) in [6, 6.07) is 11.1. The van der Waals surface area contributed by atoms with Crippen LogP contribution in [0.15, 0.2) is 46.8 Å². The van der Waals surface area contributed by atoms with Gasteiger partial charge in [0.15, 0.2) is 5.96 Å². The molecule has 0 aliphatic carbocycles. The van der Waals surface area contributed by atoms with E-state index in [1.54, 1.807) is 42.6 Å². The Balaban J connectivity index is 0.00000280. The Morgan fingerprint density at radius 1 is 1.11 bits per heavy atom. The molecule has 3 rings (SSSR count). The molecule has 0 spiro atoms. The Labute approximate surface area is 192 Å². The normalized spacial score (nSPS) is 14.4. The van der Waals surface area contributed by atoms with E-state index in [0.29, 0.717) is 23.7 Å². The molecule has 1 amide bonds. The lowest BCUT2D eigenvalue weighted by Gasteiger charge is -2.37. The van der Waals surface area contributed by atoms with Crippen molar-refractivity contribution in [3.63, 3.8) is 0 Å². The third-order valence-corrected chi connectivity index (χ3v) is 5.59. The standard InChI is InChI=1S/C19H24ClN5OS.HI/c1-21-19(25-12-10-24(11-13-25)17-3-2-14-27-17)23-9-8-22-18(26)15-4-6-16(20)7-5-15;/h2-7,14H,8-13H2,1H3,(H,21,23)(H,22,26);1H. The molecule has 1 aliphatic rings. The number of benzene rings is 1. The summed E-state index contributed by atoms with van der Waals surface area (Å²) >= 11 is 7.62. The minimum absolute atomic E-state index is 0. The number of anilines is 1. The number of rotatable bonds is 5. The molecule has 0 bridgehead atoms. The molecule has 0 radical (unpaired) electrons. The monoisotopic (exact) mass is 533 g/mol. The van der Waals surface area contributed by atoms with Gasteiger partial charge >= 0.3 is 0 Å². The van der Waals surface area contributed by atoms with Crippen molar-refractivity contribution in [2.75, 3.05) is 51.2 Å².